The minimum atomic E-state index is -3.63. The molecule has 0 spiro atoms. The summed E-state index contributed by atoms with van der Waals surface area (Å²) in [6, 6.07) is 12.6. The zero-order valence-corrected chi connectivity index (χ0v) is 18.2. The number of carbonyl (C=O) groups excluding carboxylic acids is 1. The highest BCUT2D eigenvalue weighted by atomic mass is 32.2. The Hall–Kier alpha value is -2.87. The third kappa shape index (κ3) is 7.23. The van der Waals surface area contributed by atoms with E-state index in [1.165, 1.54) is 6.21 Å². The van der Waals surface area contributed by atoms with E-state index >= 15 is 0 Å². The van der Waals surface area contributed by atoms with E-state index in [0.717, 1.165) is 33.0 Å². The first-order valence-electron chi connectivity index (χ1n) is 9.19. The summed E-state index contributed by atoms with van der Waals surface area (Å²) in [6.07, 6.45) is 2.64. The Morgan fingerprint density at radius 2 is 1.72 bits per heavy atom. The van der Waals surface area contributed by atoms with Crippen molar-refractivity contribution in [1.82, 2.24) is 5.43 Å². The van der Waals surface area contributed by atoms with Crippen molar-refractivity contribution in [1.29, 1.82) is 0 Å². The first kappa shape index (κ1) is 22.4. The van der Waals surface area contributed by atoms with Gasteiger partial charge in [-0.2, -0.15) is 5.10 Å². The molecule has 1 amide bonds. The minimum absolute atomic E-state index is 0.0868. The summed E-state index contributed by atoms with van der Waals surface area (Å²) in [5, 5.41) is 3.91. The maximum Gasteiger partial charge on any atom is 0.260 e. The Bertz CT molecular complexity index is 963. The summed E-state index contributed by atoms with van der Waals surface area (Å²) >= 11 is 0. The summed E-state index contributed by atoms with van der Waals surface area (Å²) in [5.41, 5.74) is 5.42. The normalized spacial score (nSPS) is 11.7. The second-order valence-electron chi connectivity index (χ2n) is 7.14. The smallest absolute Gasteiger partial charge is 0.260 e. The standard InChI is InChI=1S/C21H27N3O4S/c1-15(2)28-20-8-6-18(7-9-20)13-22-23-21(25)14-24(29(5,26)27)19-11-16(3)10-17(4)12-19/h6-13,15H,14H2,1-5H3,(H,23,25)/b22-13-. The Labute approximate surface area is 172 Å². The number of nitrogens with one attached hydrogen (secondary N) is 1. The molecule has 0 fully saturated rings. The maximum absolute atomic E-state index is 12.3. The molecule has 2 aromatic carbocycles. The number of hydrazone groups is 1. The van der Waals surface area contributed by atoms with Gasteiger partial charge in [0.15, 0.2) is 0 Å². The lowest BCUT2D eigenvalue weighted by Gasteiger charge is -2.22. The second-order valence-corrected chi connectivity index (χ2v) is 9.05. The van der Waals surface area contributed by atoms with Crippen molar-refractivity contribution in [3.05, 3.63) is 59.2 Å². The second kappa shape index (κ2) is 9.56. The summed E-state index contributed by atoms with van der Waals surface area (Å²) in [4.78, 5) is 12.3. The van der Waals surface area contributed by atoms with E-state index in [-0.39, 0.29) is 12.6 Å². The van der Waals surface area contributed by atoms with Gasteiger partial charge in [0.05, 0.1) is 24.3 Å². The van der Waals surface area contributed by atoms with Gasteiger partial charge in [0.2, 0.25) is 10.0 Å². The number of aryl methyl sites for hydroxylation is 2. The van der Waals surface area contributed by atoms with Gasteiger partial charge in [0.1, 0.15) is 12.3 Å². The number of nitrogens with zero attached hydrogens (tertiary/aromatic N) is 2. The molecule has 0 unspecified atom stereocenters. The Balaban J connectivity index is 2.04. The molecule has 29 heavy (non-hydrogen) atoms. The van der Waals surface area contributed by atoms with Crippen molar-refractivity contribution in [2.24, 2.45) is 5.10 Å². The number of ether oxygens (including phenoxy) is 1. The van der Waals surface area contributed by atoms with Crippen LogP contribution >= 0.6 is 0 Å². The predicted molar refractivity (Wildman–Crippen MR) is 116 cm³/mol. The van der Waals surface area contributed by atoms with Crippen molar-refractivity contribution in [2.75, 3.05) is 17.1 Å². The van der Waals surface area contributed by atoms with Gasteiger partial charge in [-0.1, -0.05) is 6.07 Å². The van der Waals surface area contributed by atoms with Crippen LogP contribution in [0.2, 0.25) is 0 Å². The van der Waals surface area contributed by atoms with Crippen LogP contribution in [0, 0.1) is 13.8 Å². The number of carbonyl (C=O) groups is 1. The molecule has 0 bridgehead atoms. The Kier molecular flexibility index (Phi) is 7.39. The molecule has 2 aromatic rings. The predicted octanol–water partition coefficient (Wildman–Crippen LogP) is 3.01. The Morgan fingerprint density at radius 1 is 1.14 bits per heavy atom. The lowest BCUT2D eigenvalue weighted by atomic mass is 10.1. The summed E-state index contributed by atoms with van der Waals surface area (Å²) < 4.78 is 31.0. The fourth-order valence-electron chi connectivity index (χ4n) is 2.74. The molecular weight excluding hydrogens is 390 g/mol. The molecular formula is C21H27N3O4S. The van der Waals surface area contributed by atoms with Crippen molar-refractivity contribution in [3.8, 4) is 5.75 Å². The molecule has 2 rings (SSSR count). The molecule has 0 saturated heterocycles. The fourth-order valence-corrected chi connectivity index (χ4v) is 3.58. The van der Waals surface area contributed by atoms with Gasteiger partial charge in [-0.3, -0.25) is 9.10 Å². The van der Waals surface area contributed by atoms with Crippen LogP contribution in [0.3, 0.4) is 0 Å². The molecule has 1 N–H and O–H groups in total. The van der Waals surface area contributed by atoms with Gasteiger partial charge < -0.3 is 4.74 Å². The molecule has 156 valence electrons. The zero-order chi connectivity index (χ0) is 21.6. The van der Waals surface area contributed by atoms with Crippen LogP contribution in [-0.2, 0) is 14.8 Å². The van der Waals surface area contributed by atoms with E-state index in [2.05, 4.69) is 10.5 Å². The lowest BCUT2D eigenvalue weighted by molar-refractivity contribution is -0.119. The number of sulfonamides is 1. The van der Waals surface area contributed by atoms with Crippen molar-refractivity contribution >= 4 is 27.8 Å². The molecule has 8 heteroatoms. The third-order valence-corrected chi connectivity index (χ3v) is 4.98. The molecule has 0 atom stereocenters. The Morgan fingerprint density at radius 3 is 2.24 bits per heavy atom. The topological polar surface area (TPSA) is 88.1 Å². The van der Waals surface area contributed by atoms with Gasteiger partial charge in [-0.15, -0.1) is 0 Å². The summed E-state index contributed by atoms with van der Waals surface area (Å²) in [6.45, 7) is 7.28. The van der Waals surface area contributed by atoms with Crippen LogP contribution in [0.25, 0.3) is 0 Å². The number of benzene rings is 2. The highest BCUT2D eigenvalue weighted by molar-refractivity contribution is 7.92. The minimum Gasteiger partial charge on any atom is -0.491 e. The zero-order valence-electron chi connectivity index (χ0n) is 17.3. The number of anilines is 1. The molecule has 0 aliphatic heterocycles. The summed E-state index contributed by atoms with van der Waals surface area (Å²) in [7, 11) is -3.63. The molecule has 0 aromatic heterocycles. The van der Waals surface area contributed by atoms with Crippen LogP contribution in [0.4, 0.5) is 5.69 Å². The largest absolute Gasteiger partial charge is 0.491 e. The first-order chi connectivity index (χ1) is 13.5. The third-order valence-electron chi connectivity index (χ3n) is 3.84. The van der Waals surface area contributed by atoms with E-state index in [1.54, 1.807) is 12.1 Å². The monoisotopic (exact) mass is 417 g/mol. The van der Waals surface area contributed by atoms with Crippen LogP contribution in [0.5, 0.6) is 5.75 Å². The molecule has 0 heterocycles. The van der Waals surface area contributed by atoms with Crippen molar-refractivity contribution in [2.45, 2.75) is 33.8 Å². The average molecular weight is 418 g/mol. The van der Waals surface area contributed by atoms with Gasteiger partial charge >= 0.3 is 0 Å². The van der Waals surface area contributed by atoms with E-state index < -0.39 is 15.9 Å². The first-order valence-corrected chi connectivity index (χ1v) is 11.0. The average Bonchev–Trinajstić information content (AvgIpc) is 2.59. The van der Waals surface area contributed by atoms with Gasteiger partial charge in [0, 0.05) is 0 Å². The highest BCUT2D eigenvalue weighted by Gasteiger charge is 2.21. The number of hydrogen-bond acceptors (Lipinski definition) is 5. The molecule has 0 aliphatic carbocycles. The van der Waals surface area contributed by atoms with Crippen molar-refractivity contribution in [3.63, 3.8) is 0 Å². The van der Waals surface area contributed by atoms with Crippen molar-refractivity contribution < 1.29 is 17.9 Å². The van der Waals surface area contributed by atoms with Crippen LogP contribution in [-0.4, -0.2) is 39.4 Å². The quantitative estimate of drug-likeness (QED) is 0.528. The molecule has 0 radical (unpaired) electrons. The number of amides is 1. The number of rotatable bonds is 8. The molecule has 0 saturated carbocycles. The van der Waals surface area contributed by atoms with E-state index in [1.807, 2.05) is 58.0 Å². The highest BCUT2D eigenvalue weighted by Crippen LogP contribution is 2.21. The van der Waals surface area contributed by atoms with E-state index in [4.69, 9.17) is 4.74 Å². The van der Waals surface area contributed by atoms with Crippen LogP contribution in [0.1, 0.15) is 30.5 Å². The van der Waals surface area contributed by atoms with E-state index in [0.29, 0.717) is 5.69 Å². The number of hydrogen-bond donors (Lipinski definition) is 1. The summed E-state index contributed by atoms with van der Waals surface area (Å²) in [5.74, 6) is 0.212. The maximum atomic E-state index is 12.3. The van der Waals surface area contributed by atoms with Gasteiger partial charge in [-0.05, 0) is 80.8 Å². The molecule has 0 aliphatic rings. The van der Waals surface area contributed by atoms with Gasteiger partial charge in [0.25, 0.3) is 5.91 Å². The lowest BCUT2D eigenvalue weighted by Crippen LogP contribution is -2.39. The fraction of sp³-hybridized carbons (Fsp3) is 0.333. The van der Waals surface area contributed by atoms with E-state index in [9.17, 15) is 13.2 Å². The van der Waals surface area contributed by atoms with Gasteiger partial charge in [-0.25, -0.2) is 13.8 Å². The van der Waals surface area contributed by atoms with Crippen LogP contribution in [0.15, 0.2) is 47.6 Å². The SMILES string of the molecule is Cc1cc(C)cc(N(CC(=O)N/N=C\c2ccc(OC(C)C)cc2)S(C)(=O)=O)c1. The molecule has 7 nitrogen and oxygen atoms in total. The van der Waals surface area contributed by atoms with Crippen LogP contribution < -0.4 is 14.5 Å².